The first-order valence-corrected chi connectivity index (χ1v) is 5.39. The van der Waals surface area contributed by atoms with Crippen LogP contribution in [0.2, 0.25) is 0 Å². The summed E-state index contributed by atoms with van der Waals surface area (Å²) in [6, 6.07) is 2.55. The van der Waals surface area contributed by atoms with Gasteiger partial charge in [-0.1, -0.05) is 0 Å². The van der Waals surface area contributed by atoms with Crippen LogP contribution in [0.1, 0.15) is 16.2 Å². The van der Waals surface area contributed by atoms with Gasteiger partial charge in [-0.2, -0.15) is 4.39 Å². The van der Waals surface area contributed by atoms with Crippen LogP contribution < -0.4 is 5.32 Å². The van der Waals surface area contributed by atoms with Gasteiger partial charge in [-0.3, -0.25) is 4.79 Å². The minimum absolute atomic E-state index is 0.250. The van der Waals surface area contributed by atoms with Crippen LogP contribution in [-0.2, 0) is 13.5 Å². The summed E-state index contributed by atoms with van der Waals surface area (Å²) in [6.07, 6.45) is 3.41. The van der Waals surface area contributed by atoms with Gasteiger partial charge >= 0.3 is 0 Å². The predicted molar refractivity (Wildman–Crippen MR) is 61.2 cm³/mol. The Kier molecular flexibility index (Phi) is 3.61. The van der Waals surface area contributed by atoms with E-state index in [-0.39, 0.29) is 11.5 Å². The lowest BCUT2D eigenvalue weighted by Crippen LogP contribution is -2.26. The van der Waals surface area contributed by atoms with E-state index in [1.165, 1.54) is 12.3 Å². The van der Waals surface area contributed by atoms with E-state index in [4.69, 9.17) is 0 Å². The highest BCUT2D eigenvalue weighted by atomic mass is 19.1. The van der Waals surface area contributed by atoms with Crippen molar-refractivity contribution >= 4 is 5.91 Å². The van der Waals surface area contributed by atoms with E-state index in [2.05, 4.69) is 20.5 Å². The fraction of sp³-hybridized carbons (Fsp3) is 0.273. The van der Waals surface area contributed by atoms with Gasteiger partial charge in [0, 0.05) is 37.8 Å². The lowest BCUT2D eigenvalue weighted by Gasteiger charge is -2.04. The molecule has 2 aromatic rings. The Hall–Kier alpha value is -2.31. The third-order valence-electron chi connectivity index (χ3n) is 2.43. The molecule has 0 aliphatic heterocycles. The summed E-state index contributed by atoms with van der Waals surface area (Å²) in [5.41, 5.74) is 0.250. The Labute approximate surface area is 103 Å². The van der Waals surface area contributed by atoms with Gasteiger partial charge in [0.2, 0.25) is 5.95 Å². The molecule has 0 bridgehead atoms. The molecule has 0 saturated carbocycles. The van der Waals surface area contributed by atoms with Crippen LogP contribution in [0.3, 0.4) is 0 Å². The Morgan fingerprint density at radius 1 is 1.56 bits per heavy atom. The molecule has 2 rings (SSSR count). The monoisotopic (exact) mass is 249 g/mol. The smallest absolute Gasteiger partial charge is 0.251 e. The molecule has 2 aromatic heterocycles. The minimum Gasteiger partial charge on any atom is -0.352 e. The molecular formula is C11H12FN5O. The molecule has 0 atom stereocenters. The predicted octanol–water partition coefficient (Wildman–Crippen LogP) is 0.322. The molecule has 1 N–H and O–H groups in total. The van der Waals surface area contributed by atoms with Crippen LogP contribution in [0.15, 0.2) is 24.7 Å². The number of carbonyl (C=O) groups excluding carboxylic acids is 1. The van der Waals surface area contributed by atoms with Gasteiger partial charge in [0.15, 0.2) is 0 Å². The number of rotatable bonds is 4. The number of amides is 1. The average Bonchev–Trinajstić information content (AvgIpc) is 2.75. The lowest BCUT2D eigenvalue weighted by atomic mass is 10.2. The molecule has 0 unspecified atom stereocenters. The van der Waals surface area contributed by atoms with E-state index in [0.29, 0.717) is 13.0 Å². The zero-order chi connectivity index (χ0) is 13.0. The summed E-state index contributed by atoms with van der Waals surface area (Å²) >= 11 is 0. The highest BCUT2D eigenvalue weighted by Gasteiger charge is 2.07. The van der Waals surface area contributed by atoms with E-state index in [1.807, 2.05) is 7.05 Å². The maximum atomic E-state index is 12.8. The molecule has 0 radical (unpaired) electrons. The molecule has 7 heteroatoms. The second-order valence-corrected chi connectivity index (χ2v) is 3.73. The second kappa shape index (κ2) is 5.35. The summed E-state index contributed by atoms with van der Waals surface area (Å²) in [5.74, 6) is -0.231. The number of aryl methyl sites for hydroxylation is 1. The fourth-order valence-electron chi connectivity index (χ4n) is 1.47. The number of nitrogens with zero attached hydrogens (tertiary/aromatic N) is 4. The third kappa shape index (κ3) is 2.88. The number of aromatic nitrogens is 4. The summed E-state index contributed by atoms with van der Waals surface area (Å²) in [4.78, 5) is 15.0. The zero-order valence-electron chi connectivity index (χ0n) is 9.80. The van der Waals surface area contributed by atoms with Crippen molar-refractivity contribution in [2.24, 2.45) is 7.05 Å². The van der Waals surface area contributed by atoms with E-state index < -0.39 is 5.95 Å². The second-order valence-electron chi connectivity index (χ2n) is 3.73. The van der Waals surface area contributed by atoms with E-state index in [9.17, 15) is 9.18 Å². The van der Waals surface area contributed by atoms with Crippen LogP contribution in [0.25, 0.3) is 0 Å². The first kappa shape index (κ1) is 12.2. The van der Waals surface area contributed by atoms with Crippen molar-refractivity contribution in [1.82, 2.24) is 25.1 Å². The van der Waals surface area contributed by atoms with Crippen LogP contribution in [-0.4, -0.2) is 32.2 Å². The maximum Gasteiger partial charge on any atom is 0.251 e. The lowest BCUT2D eigenvalue weighted by molar-refractivity contribution is 0.0953. The first-order chi connectivity index (χ1) is 8.66. The van der Waals surface area contributed by atoms with Crippen molar-refractivity contribution in [3.63, 3.8) is 0 Å². The number of pyridine rings is 1. The van der Waals surface area contributed by atoms with Gasteiger partial charge in [0.05, 0.1) is 0 Å². The molecule has 0 aliphatic carbocycles. The number of hydrogen-bond acceptors (Lipinski definition) is 4. The van der Waals surface area contributed by atoms with Crippen LogP contribution >= 0.6 is 0 Å². The first-order valence-electron chi connectivity index (χ1n) is 5.39. The van der Waals surface area contributed by atoms with Crippen molar-refractivity contribution in [2.75, 3.05) is 6.54 Å². The molecular weight excluding hydrogens is 237 g/mol. The molecule has 2 heterocycles. The molecule has 1 amide bonds. The highest BCUT2D eigenvalue weighted by Crippen LogP contribution is 2.00. The Bertz CT molecular complexity index is 554. The summed E-state index contributed by atoms with van der Waals surface area (Å²) in [5, 5.41) is 10.3. The SMILES string of the molecule is Cn1cnnc1CCNC(=O)c1ccnc(F)c1. The van der Waals surface area contributed by atoms with Gasteiger partial charge in [-0.15, -0.1) is 10.2 Å². The quantitative estimate of drug-likeness (QED) is 0.792. The maximum absolute atomic E-state index is 12.8. The number of hydrogen-bond donors (Lipinski definition) is 1. The Morgan fingerprint density at radius 2 is 2.39 bits per heavy atom. The topological polar surface area (TPSA) is 72.7 Å². The molecule has 0 spiro atoms. The fourth-order valence-corrected chi connectivity index (χ4v) is 1.47. The average molecular weight is 249 g/mol. The summed E-state index contributed by atoms with van der Waals surface area (Å²) in [7, 11) is 1.83. The molecule has 18 heavy (non-hydrogen) atoms. The standard InChI is InChI=1S/C11H12FN5O/c1-17-7-15-16-10(17)3-5-14-11(18)8-2-4-13-9(12)6-8/h2,4,6-7H,3,5H2,1H3,(H,14,18). The molecule has 0 aromatic carbocycles. The normalized spacial score (nSPS) is 10.3. The Balaban J connectivity index is 1.87. The largest absolute Gasteiger partial charge is 0.352 e. The van der Waals surface area contributed by atoms with Gasteiger partial charge in [-0.05, 0) is 6.07 Å². The number of halogens is 1. The molecule has 0 aliphatic rings. The van der Waals surface area contributed by atoms with Crippen molar-refractivity contribution < 1.29 is 9.18 Å². The van der Waals surface area contributed by atoms with Gasteiger partial charge < -0.3 is 9.88 Å². The Morgan fingerprint density at radius 3 is 3.06 bits per heavy atom. The zero-order valence-corrected chi connectivity index (χ0v) is 9.80. The van der Waals surface area contributed by atoms with Gasteiger partial charge in [0.1, 0.15) is 12.2 Å². The minimum atomic E-state index is -0.670. The van der Waals surface area contributed by atoms with Crippen molar-refractivity contribution in [1.29, 1.82) is 0 Å². The molecule has 6 nitrogen and oxygen atoms in total. The van der Waals surface area contributed by atoms with Crippen molar-refractivity contribution in [2.45, 2.75) is 6.42 Å². The third-order valence-corrected chi connectivity index (χ3v) is 2.43. The summed E-state index contributed by atoms with van der Waals surface area (Å²) < 4.78 is 14.6. The number of carbonyl (C=O) groups is 1. The van der Waals surface area contributed by atoms with Crippen LogP contribution in [0, 0.1) is 5.95 Å². The summed E-state index contributed by atoms with van der Waals surface area (Å²) in [6.45, 7) is 0.412. The van der Waals surface area contributed by atoms with Crippen molar-refractivity contribution in [3.05, 3.63) is 42.0 Å². The van der Waals surface area contributed by atoms with E-state index in [0.717, 1.165) is 11.9 Å². The van der Waals surface area contributed by atoms with Crippen LogP contribution in [0.4, 0.5) is 4.39 Å². The molecule has 0 fully saturated rings. The number of nitrogens with one attached hydrogen (secondary N) is 1. The van der Waals surface area contributed by atoms with E-state index >= 15 is 0 Å². The van der Waals surface area contributed by atoms with Gasteiger partial charge in [0.25, 0.3) is 5.91 Å². The van der Waals surface area contributed by atoms with Gasteiger partial charge in [-0.25, -0.2) is 4.98 Å². The van der Waals surface area contributed by atoms with Crippen LogP contribution in [0.5, 0.6) is 0 Å². The molecule has 0 saturated heterocycles. The van der Waals surface area contributed by atoms with E-state index in [1.54, 1.807) is 10.9 Å². The highest BCUT2D eigenvalue weighted by molar-refractivity contribution is 5.93. The van der Waals surface area contributed by atoms with Crippen molar-refractivity contribution in [3.8, 4) is 0 Å². The molecule has 94 valence electrons.